The van der Waals surface area contributed by atoms with Crippen molar-refractivity contribution in [2.45, 2.75) is 12.3 Å². The number of hydrogen-bond donors (Lipinski definition) is 0. The number of rotatable bonds is 3. The third-order valence-electron chi connectivity index (χ3n) is 2.88. The van der Waals surface area contributed by atoms with Gasteiger partial charge in [0.2, 0.25) is 0 Å². The van der Waals surface area contributed by atoms with Gasteiger partial charge in [0.15, 0.2) is 0 Å². The summed E-state index contributed by atoms with van der Waals surface area (Å²) in [6, 6.07) is 9.66. The Bertz CT molecular complexity index is 479. The molecule has 0 aromatic heterocycles. The molecule has 1 aromatic rings. The minimum Gasteiger partial charge on any atom is -0.259 e. The van der Waals surface area contributed by atoms with Crippen LogP contribution in [0.4, 0.5) is 0 Å². The van der Waals surface area contributed by atoms with Crippen LogP contribution in [0.1, 0.15) is 17.9 Å². The van der Waals surface area contributed by atoms with E-state index in [0.29, 0.717) is 0 Å². The first-order chi connectivity index (χ1) is 8.22. The summed E-state index contributed by atoms with van der Waals surface area (Å²) in [4.78, 5) is 11.9. The van der Waals surface area contributed by atoms with Crippen LogP contribution < -0.4 is 0 Å². The fourth-order valence-electron chi connectivity index (χ4n) is 1.98. The fraction of sp³-hybridized carbons (Fsp3) is 0.231. The average Bonchev–Trinajstić information content (AvgIpc) is 2.39. The first-order valence-electron chi connectivity index (χ1n) is 5.36. The molecule has 1 unspecified atom stereocenters. The molecular weight excluding hydrogens is 234 g/mol. The largest absolute Gasteiger partial charge is 0.259 e. The lowest BCUT2D eigenvalue weighted by molar-refractivity contribution is -0.430. The molecule has 1 aliphatic rings. The predicted octanol–water partition coefficient (Wildman–Crippen LogP) is 3.58. The van der Waals surface area contributed by atoms with E-state index in [1.165, 1.54) is 4.91 Å². The van der Waals surface area contributed by atoms with Gasteiger partial charge in [0.25, 0.3) is 5.70 Å². The normalized spacial score (nSPS) is 19.5. The Morgan fingerprint density at radius 2 is 2.00 bits per heavy atom. The number of allylic oxidation sites excluding steroid dienone is 4. The summed E-state index contributed by atoms with van der Waals surface area (Å²) in [5.74, 6) is -0.126. The van der Waals surface area contributed by atoms with Crippen molar-refractivity contribution in [2.75, 3.05) is 6.26 Å². The van der Waals surface area contributed by atoms with Gasteiger partial charge in [0, 0.05) is 6.08 Å². The van der Waals surface area contributed by atoms with Gasteiger partial charge in [-0.1, -0.05) is 30.3 Å². The highest BCUT2D eigenvalue weighted by Crippen LogP contribution is 2.37. The van der Waals surface area contributed by atoms with Gasteiger partial charge in [0.05, 0.1) is 10.8 Å². The molecule has 0 spiro atoms. The number of nitro groups is 1. The molecular formula is C13H13NO2S. The zero-order valence-electron chi connectivity index (χ0n) is 9.50. The van der Waals surface area contributed by atoms with E-state index in [1.807, 2.05) is 42.7 Å². The van der Waals surface area contributed by atoms with E-state index in [0.717, 1.165) is 12.0 Å². The molecule has 0 amide bonds. The molecule has 3 nitrogen and oxygen atoms in total. The molecule has 2 rings (SSSR count). The van der Waals surface area contributed by atoms with Crippen molar-refractivity contribution in [3.8, 4) is 0 Å². The SMILES string of the molecule is CSC1=CC=C([N+](=O)[O-])C(c2ccccc2)C1. The number of benzene rings is 1. The first kappa shape index (κ1) is 11.9. The molecule has 88 valence electrons. The van der Waals surface area contributed by atoms with Crippen LogP contribution in [-0.4, -0.2) is 11.2 Å². The lowest BCUT2D eigenvalue weighted by atomic mass is 9.89. The third-order valence-corrected chi connectivity index (χ3v) is 3.70. The van der Waals surface area contributed by atoms with E-state index < -0.39 is 0 Å². The van der Waals surface area contributed by atoms with Gasteiger partial charge < -0.3 is 0 Å². The van der Waals surface area contributed by atoms with Crippen LogP contribution in [0.15, 0.2) is 53.1 Å². The summed E-state index contributed by atoms with van der Waals surface area (Å²) in [6.07, 6.45) is 6.20. The van der Waals surface area contributed by atoms with E-state index in [1.54, 1.807) is 17.8 Å². The monoisotopic (exact) mass is 247 g/mol. The maximum absolute atomic E-state index is 11.0. The van der Waals surface area contributed by atoms with Gasteiger partial charge in [-0.25, -0.2) is 0 Å². The van der Waals surface area contributed by atoms with E-state index in [2.05, 4.69) is 0 Å². The highest BCUT2D eigenvalue weighted by Gasteiger charge is 2.29. The maximum atomic E-state index is 11.0. The fourth-order valence-corrected chi connectivity index (χ4v) is 2.52. The minimum atomic E-state index is -0.273. The summed E-state index contributed by atoms with van der Waals surface area (Å²) in [7, 11) is 0. The van der Waals surface area contributed by atoms with E-state index >= 15 is 0 Å². The van der Waals surface area contributed by atoms with Crippen molar-refractivity contribution < 1.29 is 4.92 Å². The van der Waals surface area contributed by atoms with Gasteiger partial charge >= 0.3 is 0 Å². The van der Waals surface area contributed by atoms with Crippen molar-refractivity contribution in [1.29, 1.82) is 0 Å². The Morgan fingerprint density at radius 3 is 2.59 bits per heavy atom. The standard InChI is InChI=1S/C13H13NO2S/c1-17-11-7-8-13(14(15)16)12(9-11)10-5-3-2-4-6-10/h2-8,12H,9H2,1H3. The lowest BCUT2D eigenvalue weighted by Gasteiger charge is -2.18. The average molecular weight is 247 g/mol. The zero-order valence-corrected chi connectivity index (χ0v) is 10.3. The van der Waals surface area contributed by atoms with E-state index in [4.69, 9.17) is 0 Å². The predicted molar refractivity (Wildman–Crippen MR) is 70.5 cm³/mol. The Kier molecular flexibility index (Phi) is 3.64. The Labute approximate surface area is 104 Å². The summed E-state index contributed by atoms with van der Waals surface area (Å²) >= 11 is 1.65. The molecule has 1 aliphatic carbocycles. The van der Waals surface area contributed by atoms with Gasteiger partial charge in [-0.3, -0.25) is 10.1 Å². The van der Waals surface area contributed by atoms with Crippen molar-refractivity contribution in [1.82, 2.24) is 0 Å². The van der Waals surface area contributed by atoms with E-state index in [9.17, 15) is 10.1 Å². The van der Waals surface area contributed by atoms with Crippen LogP contribution in [0, 0.1) is 10.1 Å². The molecule has 0 N–H and O–H groups in total. The molecule has 0 bridgehead atoms. The second-order valence-corrected chi connectivity index (χ2v) is 4.79. The van der Waals surface area contributed by atoms with Crippen molar-refractivity contribution >= 4 is 11.8 Å². The molecule has 4 heteroatoms. The van der Waals surface area contributed by atoms with Crippen molar-refractivity contribution in [3.05, 3.63) is 68.8 Å². The molecule has 0 saturated carbocycles. The molecule has 0 fully saturated rings. The van der Waals surface area contributed by atoms with Crippen LogP contribution >= 0.6 is 11.8 Å². The number of nitrogens with zero attached hydrogens (tertiary/aromatic N) is 1. The second kappa shape index (κ2) is 5.19. The van der Waals surface area contributed by atoms with Gasteiger partial charge in [0.1, 0.15) is 0 Å². The molecule has 17 heavy (non-hydrogen) atoms. The van der Waals surface area contributed by atoms with Crippen molar-refractivity contribution in [3.63, 3.8) is 0 Å². The molecule has 0 heterocycles. The number of thioether (sulfide) groups is 1. The van der Waals surface area contributed by atoms with Gasteiger partial charge in [-0.05, 0) is 29.2 Å². The van der Waals surface area contributed by atoms with Crippen LogP contribution in [0.25, 0.3) is 0 Å². The summed E-state index contributed by atoms with van der Waals surface area (Å²) in [5.41, 5.74) is 1.30. The molecule has 0 aliphatic heterocycles. The second-order valence-electron chi connectivity index (χ2n) is 3.85. The Morgan fingerprint density at radius 1 is 1.29 bits per heavy atom. The van der Waals surface area contributed by atoms with Crippen LogP contribution in [0.2, 0.25) is 0 Å². The summed E-state index contributed by atoms with van der Waals surface area (Å²) in [5, 5.41) is 11.0. The smallest absolute Gasteiger partial charge is 0.254 e. The quantitative estimate of drug-likeness (QED) is 0.605. The minimum absolute atomic E-state index is 0.126. The third kappa shape index (κ3) is 2.58. The number of hydrogen-bond acceptors (Lipinski definition) is 3. The first-order valence-corrected chi connectivity index (χ1v) is 6.59. The molecule has 1 aromatic carbocycles. The van der Waals surface area contributed by atoms with Gasteiger partial charge in [-0.2, -0.15) is 0 Å². The molecule has 0 saturated heterocycles. The molecule has 1 atom stereocenters. The van der Waals surface area contributed by atoms with Crippen LogP contribution in [0.5, 0.6) is 0 Å². The van der Waals surface area contributed by atoms with Crippen molar-refractivity contribution in [2.24, 2.45) is 0 Å². The Hall–Kier alpha value is -1.55. The summed E-state index contributed by atoms with van der Waals surface area (Å²) < 4.78 is 0. The Balaban J connectivity index is 2.36. The topological polar surface area (TPSA) is 43.1 Å². The maximum Gasteiger partial charge on any atom is 0.254 e. The molecule has 0 radical (unpaired) electrons. The van der Waals surface area contributed by atoms with Crippen LogP contribution in [0.3, 0.4) is 0 Å². The van der Waals surface area contributed by atoms with Gasteiger partial charge in [-0.15, -0.1) is 11.8 Å². The highest BCUT2D eigenvalue weighted by atomic mass is 32.2. The van der Waals surface area contributed by atoms with E-state index in [-0.39, 0.29) is 16.5 Å². The van der Waals surface area contributed by atoms with Crippen LogP contribution in [-0.2, 0) is 0 Å². The summed E-state index contributed by atoms with van der Waals surface area (Å²) in [6.45, 7) is 0. The highest BCUT2D eigenvalue weighted by molar-refractivity contribution is 8.02. The lowest BCUT2D eigenvalue weighted by Crippen LogP contribution is -2.13. The zero-order chi connectivity index (χ0) is 12.3.